The van der Waals surface area contributed by atoms with Gasteiger partial charge in [0.05, 0.1) is 37.9 Å². The highest BCUT2D eigenvalue weighted by atomic mass is 32.2. The number of thioether (sulfide) groups is 1. The Kier molecular flexibility index (Phi) is 30.2. The molecule has 318 valence electrons. The molecule has 2 aromatic carbocycles. The Labute approximate surface area is 349 Å². The predicted molar refractivity (Wildman–Crippen MR) is 241 cm³/mol. The van der Waals surface area contributed by atoms with Crippen molar-refractivity contribution < 1.29 is 19.1 Å². The minimum Gasteiger partial charge on any atom is -0.373 e. The lowest BCUT2D eigenvalue weighted by Crippen LogP contribution is -2.47. The van der Waals surface area contributed by atoms with Crippen LogP contribution in [0.1, 0.15) is 193 Å². The molecule has 0 fully saturated rings. The molecule has 2 aromatic rings. The predicted octanol–water partition coefficient (Wildman–Crippen LogP) is 14.2. The summed E-state index contributed by atoms with van der Waals surface area (Å²) >= 11 is 1.28. The molecule has 0 unspecified atom stereocenters. The Morgan fingerprint density at radius 1 is 0.536 bits per heavy atom. The maximum atomic E-state index is 13.9. The van der Waals surface area contributed by atoms with Crippen LogP contribution in [0.15, 0.2) is 60.7 Å². The number of benzene rings is 2. The molecule has 0 spiro atoms. The topological polar surface area (TPSA) is 64.6 Å². The fourth-order valence-electron chi connectivity index (χ4n) is 7.43. The van der Waals surface area contributed by atoms with Crippen LogP contribution in [0.25, 0.3) is 0 Å². The largest absolute Gasteiger partial charge is 0.373 e. The quantitative estimate of drug-likeness (QED) is 0.0696. The molecule has 1 N–H and O–H groups in total. The van der Waals surface area contributed by atoms with Gasteiger partial charge in [-0.3, -0.25) is 9.59 Å². The van der Waals surface area contributed by atoms with Crippen molar-refractivity contribution in [1.29, 1.82) is 0 Å². The third kappa shape index (κ3) is 28.3. The second-order valence-corrected chi connectivity index (χ2v) is 18.4. The average molecular weight is 794 g/mol. The monoisotopic (exact) mass is 794 g/mol. The molecule has 0 aliphatic carbocycles. The van der Waals surface area contributed by atoms with E-state index in [1.54, 1.807) is 6.92 Å². The number of unbranched alkanes of at least 4 members (excludes halogenated alkanes) is 16. The van der Waals surface area contributed by atoms with Crippen LogP contribution in [-0.4, -0.2) is 35.0 Å². The molecule has 0 radical (unpaired) electrons. The normalized spacial score (nSPS) is 13.3. The summed E-state index contributed by atoms with van der Waals surface area (Å²) in [4.78, 5) is 26.0. The van der Waals surface area contributed by atoms with Crippen molar-refractivity contribution in [2.75, 3.05) is 5.75 Å². The molecule has 3 atom stereocenters. The van der Waals surface area contributed by atoms with E-state index < -0.39 is 0 Å². The molecule has 0 saturated carbocycles. The molecule has 0 heterocycles. The Bertz CT molecular complexity index is 1210. The molecule has 0 saturated heterocycles. The fourth-order valence-corrected chi connectivity index (χ4v) is 8.14. The summed E-state index contributed by atoms with van der Waals surface area (Å²) in [6.07, 6.45) is 27.4. The summed E-state index contributed by atoms with van der Waals surface area (Å²) in [7, 11) is 0. The van der Waals surface area contributed by atoms with Crippen molar-refractivity contribution in [3.05, 3.63) is 71.8 Å². The summed E-state index contributed by atoms with van der Waals surface area (Å²) in [6, 6.07) is 20.3. The number of hydrogen-bond acceptors (Lipinski definition) is 5. The van der Waals surface area contributed by atoms with Crippen molar-refractivity contribution in [2.24, 2.45) is 11.8 Å². The van der Waals surface area contributed by atoms with Gasteiger partial charge in [0.25, 0.3) is 0 Å². The van der Waals surface area contributed by atoms with Gasteiger partial charge in [0.2, 0.25) is 5.91 Å². The van der Waals surface area contributed by atoms with Crippen LogP contribution in [0, 0.1) is 11.8 Å². The molecule has 6 heteroatoms. The Morgan fingerprint density at radius 2 is 0.929 bits per heavy atom. The lowest BCUT2D eigenvalue weighted by atomic mass is 10.0. The van der Waals surface area contributed by atoms with Crippen LogP contribution in [0.5, 0.6) is 0 Å². The van der Waals surface area contributed by atoms with E-state index in [1.807, 2.05) is 36.4 Å². The number of hydrogen-bond donors (Lipinski definition) is 1. The van der Waals surface area contributed by atoms with E-state index in [0.717, 1.165) is 55.1 Å². The SMILES string of the molecule is CC(=O)SC[C@H](NC(=O)C[C@@H](CCCCCCCCCCCC(C)C)OCc1ccccc1)[C@@H](CCCCCCCCCCCC(C)C)OCc1ccccc1. The third-order valence-corrected chi connectivity index (χ3v) is 11.8. The second-order valence-electron chi connectivity index (χ2n) is 17.2. The minimum absolute atomic E-state index is 0.0172. The highest BCUT2D eigenvalue weighted by molar-refractivity contribution is 8.13. The number of carbonyl (C=O) groups excluding carboxylic acids is 2. The zero-order valence-corrected chi connectivity index (χ0v) is 37.4. The zero-order valence-electron chi connectivity index (χ0n) is 36.6. The van der Waals surface area contributed by atoms with E-state index in [-0.39, 0.29) is 29.3 Å². The molecule has 0 aromatic heterocycles. The van der Waals surface area contributed by atoms with Crippen LogP contribution < -0.4 is 5.32 Å². The van der Waals surface area contributed by atoms with Gasteiger partial charge in [-0.1, -0.05) is 229 Å². The maximum absolute atomic E-state index is 13.9. The van der Waals surface area contributed by atoms with Crippen LogP contribution in [0.2, 0.25) is 0 Å². The van der Waals surface area contributed by atoms with Crippen molar-refractivity contribution >= 4 is 22.8 Å². The molecule has 0 aliphatic rings. The van der Waals surface area contributed by atoms with Gasteiger partial charge >= 0.3 is 0 Å². The first kappa shape index (κ1) is 50.0. The van der Waals surface area contributed by atoms with Gasteiger partial charge in [0, 0.05) is 12.7 Å². The van der Waals surface area contributed by atoms with Crippen molar-refractivity contribution in [3.8, 4) is 0 Å². The maximum Gasteiger partial charge on any atom is 0.222 e. The smallest absolute Gasteiger partial charge is 0.222 e. The van der Waals surface area contributed by atoms with Gasteiger partial charge in [-0.2, -0.15) is 0 Å². The minimum atomic E-state index is -0.258. The highest BCUT2D eigenvalue weighted by Crippen LogP contribution is 2.21. The van der Waals surface area contributed by atoms with Crippen LogP contribution in [0.3, 0.4) is 0 Å². The first-order chi connectivity index (χ1) is 27.2. The first-order valence-electron chi connectivity index (χ1n) is 23.0. The zero-order chi connectivity index (χ0) is 40.5. The van der Waals surface area contributed by atoms with E-state index in [2.05, 4.69) is 57.3 Å². The molecular weight excluding hydrogens is 711 g/mol. The van der Waals surface area contributed by atoms with E-state index >= 15 is 0 Å². The second kappa shape index (κ2) is 33.8. The summed E-state index contributed by atoms with van der Waals surface area (Å²) in [5.74, 6) is 2.12. The molecular formula is C50H83NO4S. The number of rotatable bonds is 36. The number of carbonyl (C=O) groups is 2. The standard InChI is InChI=1S/C50H83NO4S/c1-42(2)30-22-16-12-8-6-10-14-18-28-36-47(54-39-45-32-24-20-25-33-45)38-50(53)51-48(41-56-44(5)52)49(55-40-46-34-26-21-27-35-46)37-29-19-15-11-7-9-13-17-23-31-43(3)4/h20-21,24-27,32-35,42-43,47-49H,6-19,22-23,28-31,36-41H2,1-5H3,(H,51,53)/t47-,48+,49-/m1/s1. The molecule has 5 nitrogen and oxygen atoms in total. The molecule has 0 bridgehead atoms. The Balaban J connectivity index is 1.94. The van der Waals surface area contributed by atoms with Crippen molar-refractivity contribution in [1.82, 2.24) is 5.32 Å². The molecule has 1 amide bonds. The van der Waals surface area contributed by atoms with E-state index in [9.17, 15) is 9.59 Å². The summed E-state index contributed by atoms with van der Waals surface area (Å²) < 4.78 is 13.1. The number of ether oxygens (including phenoxy) is 2. The third-order valence-electron chi connectivity index (χ3n) is 10.9. The van der Waals surface area contributed by atoms with Gasteiger partial charge in [0.1, 0.15) is 0 Å². The van der Waals surface area contributed by atoms with E-state index in [0.29, 0.717) is 25.4 Å². The van der Waals surface area contributed by atoms with Crippen molar-refractivity contribution in [2.45, 2.75) is 214 Å². The Morgan fingerprint density at radius 3 is 1.36 bits per heavy atom. The highest BCUT2D eigenvalue weighted by Gasteiger charge is 2.26. The molecule has 2 rings (SSSR count). The van der Waals surface area contributed by atoms with Gasteiger partial charge in [-0.05, 0) is 35.8 Å². The van der Waals surface area contributed by atoms with Gasteiger partial charge < -0.3 is 14.8 Å². The average Bonchev–Trinajstić information content (AvgIpc) is 3.18. The number of amides is 1. The summed E-state index contributed by atoms with van der Waals surface area (Å²) in [5.41, 5.74) is 2.24. The molecule has 0 aliphatic heterocycles. The van der Waals surface area contributed by atoms with Crippen LogP contribution in [-0.2, 0) is 32.3 Å². The first-order valence-corrected chi connectivity index (χ1v) is 23.9. The van der Waals surface area contributed by atoms with Gasteiger partial charge in [-0.25, -0.2) is 0 Å². The van der Waals surface area contributed by atoms with E-state index in [4.69, 9.17) is 9.47 Å². The summed E-state index contributed by atoms with van der Waals surface area (Å²) in [6.45, 7) is 11.9. The fraction of sp³-hybridized carbons (Fsp3) is 0.720. The van der Waals surface area contributed by atoms with Crippen LogP contribution >= 0.6 is 11.8 Å². The molecule has 56 heavy (non-hydrogen) atoms. The van der Waals surface area contributed by atoms with Gasteiger partial charge in [-0.15, -0.1) is 0 Å². The van der Waals surface area contributed by atoms with Crippen molar-refractivity contribution in [3.63, 3.8) is 0 Å². The lowest BCUT2D eigenvalue weighted by molar-refractivity contribution is -0.126. The lowest BCUT2D eigenvalue weighted by Gasteiger charge is -2.29. The summed E-state index contributed by atoms with van der Waals surface area (Å²) in [5, 5.41) is 3.42. The van der Waals surface area contributed by atoms with Crippen LogP contribution in [0.4, 0.5) is 0 Å². The van der Waals surface area contributed by atoms with E-state index in [1.165, 1.54) is 121 Å². The Hall–Kier alpha value is -2.15. The van der Waals surface area contributed by atoms with Gasteiger partial charge in [0.15, 0.2) is 5.12 Å². The number of nitrogens with one attached hydrogen (secondary N) is 1.